The van der Waals surface area contributed by atoms with Crippen molar-refractivity contribution in [1.82, 2.24) is 30.2 Å². The van der Waals surface area contributed by atoms with Gasteiger partial charge in [0.05, 0.1) is 29.8 Å². The lowest BCUT2D eigenvalue weighted by molar-refractivity contribution is -0.131. The lowest BCUT2D eigenvalue weighted by Crippen LogP contribution is -2.40. The van der Waals surface area contributed by atoms with E-state index in [1.54, 1.807) is 4.90 Å². The highest BCUT2D eigenvalue weighted by Gasteiger charge is 2.32. The maximum atomic E-state index is 12.6. The summed E-state index contributed by atoms with van der Waals surface area (Å²) in [6.07, 6.45) is 6.06. The van der Waals surface area contributed by atoms with Crippen LogP contribution in [0.2, 0.25) is 0 Å². The van der Waals surface area contributed by atoms with Crippen LogP contribution in [0.4, 0.5) is 0 Å². The molecule has 0 bridgehead atoms. The predicted molar refractivity (Wildman–Crippen MR) is 94.1 cm³/mol. The maximum Gasteiger partial charge on any atom is 0.271 e. The van der Waals surface area contributed by atoms with Crippen molar-refractivity contribution >= 4 is 22.8 Å². The minimum atomic E-state index is -0.411. The summed E-state index contributed by atoms with van der Waals surface area (Å²) in [5.41, 5.74) is 2.03. The molecule has 1 aliphatic heterocycles. The molecular weight excluding hydrogens is 332 g/mol. The molecule has 26 heavy (non-hydrogen) atoms. The predicted octanol–water partition coefficient (Wildman–Crippen LogP) is 1.45. The lowest BCUT2D eigenvalue weighted by atomic mass is 10.2. The summed E-state index contributed by atoms with van der Waals surface area (Å²) in [6.45, 7) is 0.577. The van der Waals surface area contributed by atoms with Gasteiger partial charge in [-0.2, -0.15) is 0 Å². The van der Waals surface area contributed by atoms with Crippen molar-refractivity contribution in [3.8, 4) is 0 Å². The third-order valence-corrected chi connectivity index (χ3v) is 4.49. The highest BCUT2D eigenvalue weighted by atomic mass is 16.2. The van der Waals surface area contributed by atoms with E-state index in [9.17, 15) is 9.59 Å². The Labute approximate surface area is 149 Å². The van der Waals surface area contributed by atoms with Gasteiger partial charge in [0.15, 0.2) is 0 Å². The number of nitrogens with one attached hydrogen (secondary N) is 2. The Morgan fingerprint density at radius 3 is 2.96 bits per heavy atom. The number of H-pyrrole nitrogens is 1. The van der Waals surface area contributed by atoms with E-state index in [2.05, 4.69) is 25.3 Å². The van der Waals surface area contributed by atoms with E-state index in [1.807, 2.05) is 24.3 Å². The Morgan fingerprint density at radius 2 is 2.15 bits per heavy atom. The molecule has 2 amide bonds. The maximum absolute atomic E-state index is 12.6. The highest BCUT2D eigenvalue weighted by molar-refractivity contribution is 5.94. The van der Waals surface area contributed by atoms with E-state index in [-0.39, 0.29) is 24.2 Å². The summed E-state index contributed by atoms with van der Waals surface area (Å²) in [7, 11) is 0. The Morgan fingerprint density at radius 1 is 1.27 bits per heavy atom. The molecule has 1 aromatic carbocycles. The zero-order chi connectivity index (χ0) is 17.9. The molecule has 0 radical (unpaired) electrons. The topological polar surface area (TPSA) is 104 Å². The molecule has 0 spiro atoms. The zero-order valence-corrected chi connectivity index (χ0v) is 14.1. The van der Waals surface area contributed by atoms with Crippen molar-refractivity contribution in [2.45, 2.75) is 18.9 Å². The fourth-order valence-electron chi connectivity index (χ4n) is 3.24. The SMILES string of the molecule is O=C(NCC(=O)N1CCC[C@H]1c1nc2ccccc2[nH]1)c1cnccn1. The average Bonchev–Trinajstić information content (AvgIpc) is 3.32. The standard InChI is InChI=1S/C18H18N6O2/c25-16(11-21-18(26)14-10-19-7-8-20-14)24-9-3-6-15(24)17-22-12-4-1-2-5-13(12)23-17/h1-2,4-5,7-8,10,15H,3,6,9,11H2,(H,21,26)(H,22,23)/t15-/m0/s1. The van der Waals surface area contributed by atoms with Crippen molar-refractivity contribution in [3.05, 3.63) is 54.4 Å². The van der Waals surface area contributed by atoms with Crippen LogP contribution < -0.4 is 5.32 Å². The van der Waals surface area contributed by atoms with Gasteiger partial charge in [0.25, 0.3) is 5.91 Å². The lowest BCUT2D eigenvalue weighted by Gasteiger charge is -2.23. The third kappa shape index (κ3) is 3.13. The number of amides is 2. The molecule has 3 aromatic rings. The van der Waals surface area contributed by atoms with Crippen LogP contribution in [0, 0.1) is 0 Å². The minimum Gasteiger partial charge on any atom is -0.342 e. The molecule has 8 nitrogen and oxygen atoms in total. The molecule has 3 heterocycles. The van der Waals surface area contributed by atoms with Crippen molar-refractivity contribution in [2.75, 3.05) is 13.1 Å². The van der Waals surface area contributed by atoms with Crippen LogP contribution in [0.5, 0.6) is 0 Å². The summed E-state index contributed by atoms with van der Waals surface area (Å²) in [5.74, 6) is 0.244. The van der Waals surface area contributed by atoms with Gasteiger partial charge in [-0.1, -0.05) is 12.1 Å². The van der Waals surface area contributed by atoms with Gasteiger partial charge in [-0.25, -0.2) is 9.97 Å². The van der Waals surface area contributed by atoms with Gasteiger partial charge >= 0.3 is 0 Å². The van der Waals surface area contributed by atoms with Gasteiger partial charge in [-0.3, -0.25) is 14.6 Å². The number of hydrogen-bond donors (Lipinski definition) is 2. The minimum absolute atomic E-state index is 0.0772. The van der Waals surface area contributed by atoms with E-state index in [0.717, 1.165) is 29.7 Å². The zero-order valence-electron chi connectivity index (χ0n) is 14.1. The van der Waals surface area contributed by atoms with Gasteiger partial charge in [0, 0.05) is 18.9 Å². The van der Waals surface area contributed by atoms with Gasteiger partial charge in [-0.15, -0.1) is 0 Å². The first kappa shape index (κ1) is 16.2. The Hall–Kier alpha value is -3.29. The number of carbonyl (C=O) groups is 2. The van der Waals surface area contributed by atoms with Crippen LogP contribution in [0.15, 0.2) is 42.9 Å². The number of likely N-dealkylation sites (tertiary alicyclic amines) is 1. The first-order valence-corrected chi connectivity index (χ1v) is 8.51. The molecule has 1 atom stereocenters. The number of benzene rings is 1. The fourth-order valence-corrected chi connectivity index (χ4v) is 3.24. The normalized spacial score (nSPS) is 16.8. The summed E-state index contributed by atoms with van der Waals surface area (Å²) >= 11 is 0. The molecule has 1 fully saturated rings. The average molecular weight is 350 g/mol. The van der Waals surface area contributed by atoms with Crippen LogP contribution in [0.1, 0.15) is 35.2 Å². The van der Waals surface area contributed by atoms with Gasteiger partial charge in [0.1, 0.15) is 11.5 Å². The molecule has 4 rings (SSSR count). The Kier molecular flexibility index (Phi) is 4.30. The molecule has 132 valence electrons. The van der Waals surface area contributed by atoms with Crippen molar-refractivity contribution in [3.63, 3.8) is 0 Å². The number of fused-ring (bicyclic) bond motifs is 1. The molecule has 0 saturated carbocycles. The van der Waals surface area contributed by atoms with E-state index < -0.39 is 5.91 Å². The number of carbonyl (C=O) groups excluding carboxylic acids is 2. The van der Waals surface area contributed by atoms with E-state index in [1.165, 1.54) is 18.6 Å². The van der Waals surface area contributed by atoms with Crippen molar-refractivity contribution in [2.24, 2.45) is 0 Å². The van der Waals surface area contributed by atoms with E-state index in [0.29, 0.717) is 6.54 Å². The molecule has 0 unspecified atom stereocenters. The van der Waals surface area contributed by atoms with Crippen LogP contribution in [0.3, 0.4) is 0 Å². The smallest absolute Gasteiger partial charge is 0.271 e. The summed E-state index contributed by atoms with van der Waals surface area (Å²) in [4.78, 5) is 42.1. The van der Waals surface area contributed by atoms with Gasteiger partial charge in [0.2, 0.25) is 5.91 Å². The van der Waals surface area contributed by atoms with Crippen LogP contribution in [-0.2, 0) is 4.79 Å². The Bertz CT molecular complexity index is 906. The second-order valence-electron chi connectivity index (χ2n) is 6.16. The number of rotatable bonds is 4. The van der Waals surface area contributed by atoms with E-state index >= 15 is 0 Å². The molecule has 2 N–H and O–H groups in total. The van der Waals surface area contributed by atoms with E-state index in [4.69, 9.17) is 0 Å². The summed E-state index contributed by atoms with van der Waals surface area (Å²) in [5, 5.41) is 2.61. The number of aromatic amines is 1. The second-order valence-corrected chi connectivity index (χ2v) is 6.16. The molecule has 0 aliphatic carbocycles. The Balaban J connectivity index is 1.44. The number of aromatic nitrogens is 4. The van der Waals surface area contributed by atoms with Crippen LogP contribution in [0.25, 0.3) is 11.0 Å². The fraction of sp³-hybridized carbons (Fsp3) is 0.278. The largest absolute Gasteiger partial charge is 0.342 e. The number of para-hydroxylation sites is 2. The number of imidazole rings is 1. The molecule has 2 aromatic heterocycles. The molecule has 1 saturated heterocycles. The third-order valence-electron chi connectivity index (χ3n) is 4.49. The monoisotopic (exact) mass is 350 g/mol. The van der Waals surface area contributed by atoms with Crippen molar-refractivity contribution in [1.29, 1.82) is 0 Å². The van der Waals surface area contributed by atoms with Crippen molar-refractivity contribution < 1.29 is 9.59 Å². The first-order valence-electron chi connectivity index (χ1n) is 8.51. The quantitative estimate of drug-likeness (QED) is 0.741. The highest BCUT2D eigenvalue weighted by Crippen LogP contribution is 2.31. The molecule has 1 aliphatic rings. The number of nitrogens with zero attached hydrogens (tertiary/aromatic N) is 4. The molecule has 8 heteroatoms. The van der Waals surface area contributed by atoms with Gasteiger partial charge < -0.3 is 15.2 Å². The van der Waals surface area contributed by atoms with Gasteiger partial charge in [-0.05, 0) is 25.0 Å². The molecular formula is C18H18N6O2. The number of hydrogen-bond acceptors (Lipinski definition) is 5. The summed E-state index contributed by atoms with van der Waals surface area (Å²) in [6, 6.07) is 7.70. The second kappa shape index (κ2) is 6.91. The van der Waals surface area contributed by atoms with Crippen LogP contribution in [-0.4, -0.2) is 49.7 Å². The first-order chi connectivity index (χ1) is 12.7. The van der Waals surface area contributed by atoms with Crippen LogP contribution >= 0.6 is 0 Å². The summed E-state index contributed by atoms with van der Waals surface area (Å²) < 4.78 is 0.